The summed E-state index contributed by atoms with van der Waals surface area (Å²) in [6, 6.07) is 22.4. The van der Waals surface area contributed by atoms with Crippen LogP contribution in [-0.2, 0) is 14.8 Å². The number of benzene rings is 3. The van der Waals surface area contributed by atoms with Crippen molar-refractivity contribution in [2.24, 2.45) is 0 Å². The molecule has 0 heterocycles. The monoisotopic (exact) mass is 530 g/mol. The first-order valence-corrected chi connectivity index (χ1v) is 12.9. The quantitative estimate of drug-likeness (QED) is 0.385. The van der Waals surface area contributed by atoms with Crippen LogP contribution in [0, 0.1) is 0 Å². The van der Waals surface area contributed by atoms with E-state index < -0.39 is 10.0 Å². The van der Waals surface area contributed by atoms with Gasteiger partial charge in [0.05, 0.1) is 23.2 Å². The molecule has 0 radical (unpaired) electrons. The molecule has 3 aromatic rings. The molecule has 0 aliphatic carbocycles. The van der Waals surface area contributed by atoms with Crippen LogP contribution in [-0.4, -0.2) is 27.5 Å². The van der Waals surface area contributed by atoms with E-state index in [2.05, 4.69) is 21.2 Å². The maximum Gasteiger partial charge on any atom is 0.264 e. The second-order valence-electron chi connectivity index (χ2n) is 7.33. The van der Waals surface area contributed by atoms with Crippen molar-refractivity contribution in [2.45, 2.75) is 31.2 Å². The van der Waals surface area contributed by atoms with Gasteiger partial charge in [0, 0.05) is 4.47 Å². The molecule has 33 heavy (non-hydrogen) atoms. The molecule has 3 aromatic carbocycles. The number of amides is 1. The predicted octanol–water partition coefficient (Wildman–Crippen LogP) is 5.31. The minimum Gasteiger partial charge on any atom is -0.494 e. The van der Waals surface area contributed by atoms with Crippen LogP contribution in [0.25, 0.3) is 0 Å². The van der Waals surface area contributed by atoms with E-state index in [1.165, 1.54) is 12.1 Å². The molecule has 1 unspecified atom stereocenters. The largest absolute Gasteiger partial charge is 0.494 e. The van der Waals surface area contributed by atoms with Crippen molar-refractivity contribution in [3.05, 3.63) is 88.9 Å². The molecule has 174 valence electrons. The van der Waals surface area contributed by atoms with E-state index in [4.69, 9.17) is 4.74 Å². The number of hydrogen-bond acceptors (Lipinski definition) is 4. The number of sulfonamides is 1. The van der Waals surface area contributed by atoms with Crippen LogP contribution in [0.1, 0.15) is 31.9 Å². The Balaban J connectivity index is 1.91. The van der Waals surface area contributed by atoms with E-state index in [-0.39, 0.29) is 23.4 Å². The third kappa shape index (κ3) is 6.36. The fourth-order valence-electron chi connectivity index (χ4n) is 3.40. The van der Waals surface area contributed by atoms with Crippen LogP contribution < -0.4 is 14.4 Å². The molecule has 1 atom stereocenters. The molecule has 6 nitrogen and oxygen atoms in total. The fourth-order valence-corrected chi connectivity index (χ4v) is 5.09. The molecule has 0 aliphatic heterocycles. The molecular formula is C25H27BrN2O4S. The van der Waals surface area contributed by atoms with Crippen LogP contribution >= 0.6 is 15.9 Å². The lowest BCUT2D eigenvalue weighted by molar-refractivity contribution is -0.120. The van der Waals surface area contributed by atoms with Gasteiger partial charge in [-0.25, -0.2) is 8.42 Å². The van der Waals surface area contributed by atoms with Gasteiger partial charge in [0.15, 0.2) is 0 Å². The normalized spacial score (nSPS) is 12.1. The predicted molar refractivity (Wildman–Crippen MR) is 134 cm³/mol. The Kier molecular flexibility index (Phi) is 8.52. The summed E-state index contributed by atoms with van der Waals surface area (Å²) in [5.74, 6) is 0.238. The molecule has 0 spiro atoms. The SMILES string of the molecule is CCOc1ccc(N(CC(=O)NC(CC)c2ccccc2)S(=O)(=O)c2ccc(Br)cc2)cc1. The summed E-state index contributed by atoms with van der Waals surface area (Å²) < 4.78 is 34.4. The van der Waals surface area contributed by atoms with Crippen LogP contribution in [0.4, 0.5) is 5.69 Å². The number of carbonyl (C=O) groups excluding carboxylic acids is 1. The minimum absolute atomic E-state index is 0.0995. The number of anilines is 1. The number of nitrogens with zero attached hydrogens (tertiary/aromatic N) is 1. The van der Waals surface area contributed by atoms with Crippen LogP contribution in [0.15, 0.2) is 88.2 Å². The van der Waals surface area contributed by atoms with E-state index in [0.717, 1.165) is 14.3 Å². The van der Waals surface area contributed by atoms with Crippen molar-refractivity contribution in [3.63, 3.8) is 0 Å². The van der Waals surface area contributed by atoms with Crippen molar-refractivity contribution >= 4 is 37.5 Å². The van der Waals surface area contributed by atoms with Crippen molar-refractivity contribution < 1.29 is 17.9 Å². The van der Waals surface area contributed by atoms with Crippen molar-refractivity contribution in [2.75, 3.05) is 17.5 Å². The van der Waals surface area contributed by atoms with Gasteiger partial charge in [-0.3, -0.25) is 9.10 Å². The minimum atomic E-state index is -3.99. The number of carbonyl (C=O) groups is 1. The smallest absolute Gasteiger partial charge is 0.264 e. The highest BCUT2D eigenvalue weighted by Crippen LogP contribution is 2.27. The van der Waals surface area contributed by atoms with Gasteiger partial charge in [-0.1, -0.05) is 53.2 Å². The second-order valence-corrected chi connectivity index (χ2v) is 10.1. The summed E-state index contributed by atoms with van der Waals surface area (Å²) in [6.07, 6.45) is 0.679. The molecule has 1 amide bonds. The Morgan fingerprint density at radius 2 is 1.61 bits per heavy atom. The molecule has 3 rings (SSSR count). The molecule has 0 bridgehead atoms. The Labute approximate surface area is 203 Å². The lowest BCUT2D eigenvalue weighted by Gasteiger charge is -2.26. The van der Waals surface area contributed by atoms with E-state index in [0.29, 0.717) is 24.5 Å². The number of nitrogens with one attached hydrogen (secondary N) is 1. The van der Waals surface area contributed by atoms with Gasteiger partial charge in [0.2, 0.25) is 5.91 Å². The average molecular weight is 531 g/mol. The zero-order valence-corrected chi connectivity index (χ0v) is 21.0. The van der Waals surface area contributed by atoms with Gasteiger partial charge in [-0.2, -0.15) is 0 Å². The molecule has 1 N–H and O–H groups in total. The zero-order chi connectivity index (χ0) is 23.8. The molecule has 0 aliphatic rings. The van der Waals surface area contributed by atoms with E-state index in [9.17, 15) is 13.2 Å². The number of hydrogen-bond donors (Lipinski definition) is 1. The highest BCUT2D eigenvalue weighted by atomic mass is 79.9. The highest BCUT2D eigenvalue weighted by Gasteiger charge is 2.28. The lowest BCUT2D eigenvalue weighted by atomic mass is 10.0. The van der Waals surface area contributed by atoms with E-state index >= 15 is 0 Å². The maximum absolute atomic E-state index is 13.5. The maximum atomic E-state index is 13.5. The van der Waals surface area contributed by atoms with Crippen LogP contribution in [0.5, 0.6) is 5.75 Å². The Morgan fingerprint density at radius 3 is 2.18 bits per heavy atom. The molecule has 8 heteroatoms. The van der Waals surface area contributed by atoms with Gasteiger partial charge in [-0.15, -0.1) is 0 Å². The first kappa shape index (κ1) is 24.8. The molecule has 0 saturated heterocycles. The topological polar surface area (TPSA) is 75.7 Å². The van der Waals surface area contributed by atoms with E-state index in [1.54, 1.807) is 36.4 Å². The van der Waals surface area contributed by atoms with Crippen molar-refractivity contribution in [3.8, 4) is 5.75 Å². The summed E-state index contributed by atoms with van der Waals surface area (Å²) in [6.45, 7) is 4.00. The lowest BCUT2D eigenvalue weighted by Crippen LogP contribution is -2.42. The highest BCUT2D eigenvalue weighted by molar-refractivity contribution is 9.10. The first-order chi connectivity index (χ1) is 15.8. The second kappa shape index (κ2) is 11.3. The third-order valence-corrected chi connectivity index (χ3v) is 7.39. The average Bonchev–Trinajstić information content (AvgIpc) is 2.82. The van der Waals surface area contributed by atoms with Crippen LogP contribution in [0.3, 0.4) is 0 Å². The summed E-state index contributed by atoms with van der Waals surface area (Å²) in [5, 5.41) is 2.97. The van der Waals surface area contributed by atoms with E-state index in [1.807, 2.05) is 44.2 Å². The summed E-state index contributed by atoms with van der Waals surface area (Å²) >= 11 is 3.33. The number of rotatable bonds is 10. The standard InChI is InChI=1S/C25H27BrN2O4S/c1-3-24(19-8-6-5-7-9-19)27-25(29)18-28(21-12-14-22(15-13-21)32-4-2)33(30,31)23-16-10-20(26)11-17-23/h5-17,24H,3-4,18H2,1-2H3,(H,27,29). The Morgan fingerprint density at radius 1 is 0.970 bits per heavy atom. The van der Waals surface area contributed by atoms with Gasteiger partial charge in [-0.05, 0) is 67.4 Å². The van der Waals surface area contributed by atoms with Crippen molar-refractivity contribution in [1.29, 1.82) is 0 Å². The number of halogens is 1. The Bertz CT molecular complexity index is 1150. The van der Waals surface area contributed by atoms with Crippen molar-refractivity contribution in [1.82, 2.24) is 5.32 Å². The first-order valence-electron chi connectivity index (χ1n) is 10.7. The van der Waals surface area contributed by atoms with Gasteiger partial charge in [0.1, 0.15) is 12.3 Å². The van der Waals surface area contributed by atoms with Crippen LogP contribution in [0.2, 0.25) is 0 Å². The molecular weight excluding hydrogens is 504 g/mol. The molecule has 0 fully saturated rings. The number of ether oxygens (including phenoxy) is 1. The molecule has 0 aromatic heterocycles. The fraction of sp³-hybridized carbons (Fsp3) is 0.240. The summed E-state index contributed by atoms with van der Waals surface area (Å²) in [7, 11) is -3.99. The van der Waals surface area contributed by atoms with Gasteiger partial charge >= 0.3 is 0 Å². The van der Waals surface area contributed by atoms with Gasteiger partial charge < -0.3 is 10.1 Å². The summed E-state index contributed by atoms with van der Waals surface area (Å²) in [5.41, 5.74) is 1.35. The zero-order valence-electron chi connectivity index (χ0n) is 18.6. The van der Waals surface area contributed by atoms with Gasteiger partial charge in [0.25, 0.3) is 10.0 Å². The summed E-state index contributed by atoms with van der Waals surface area (Å²) in [4.78, 5) is 13.1. The molecule has 0 saturated carbocycles. The Hall–Kier alpha value is -2.84. The third-order valence-electron chi connectivity index (χ3n) is 5.07.